The molecule has 0 radical (unpaired) electrons. The molecule has 0 N–H and O–H groups in total. The lowest BCUT2D eigenvalue weighted by Crippen LogP contribution is -2.36. The summed E-state index contributed by atoms with van der Waals surface area (Å²) in [5, 5.41) is 0. The largest absolute Gasteiger partial charge is 0.477 e. The minimum absolute atomic E-state index is 0.155. The topological polar surface area (TPSA) is 65.1 Å². The maximum atomic E-state index is 12.4. The van der Waals surface area contributed by atoms with Crippen LogP contribution < -0.4 is 0 Å². The number of esters is 2. The number of hydrogen-bond donors (Lipinski definition) is 0. The third-order valence-electron chi connectivity index (χ3n) is 3.44. The Morgan fingerprint density at radius 2 is 1.48 bits per heavy atom. The van der Waals surface area contributed by atoms with Gasteiger partial charge in [0, 0.05) is 7.05 Å². The first-order chi connectivity index (χ1) is 11.1. The standard InChI is InChI=1S/C19H31NO5/c1-17(2,3)24-15(21)13(16(22)25-18(4,5)6)10-11-14-20(9)19(7,8)12-23-14/h10-11H,12H2,1-9H3. The number of carbonyl (C=O) groups excluding carboxylic acids is 2. The van der Waals surface area contributed by atoms with Crippen molar-refractivity contribution in [2.75, 3.05) is 13.7 Å². The average Bonchev–Trinajstić information content (AvgIpc) is 2.61. The Hall–Kier alpha value is -1.98. The van der Waals surface area contributed by atoms with Gasteiger partial charge in [-0.15, -0.1) is 0 Å². The Balaban J connectivity index is 3.14. The number of hydrogen-bond acceptors (Lipinski definition) is 6. The second-order valence-corrected chi connectivity index (χ2v) is 8.75. The molecule has 0 bridgehead atoms. The summed E-state index contributed by atoms with van der Waals surface area (Å²) < 4.78 is 16.3. The maximum absolute atomic E-state index is 12.4. The first-order valence-electron chi connectivity index (χ1n) is 8.38. The van der Waals surface area contributed by atoms with E-state index in [2.05, 4.69) is 0 Å². The smallest absolute Gasteiger partial charge is 0.346 e. The summed E-state index contributed by atoms with van der Waals surface area (Å²) in [5.41, 5.74) is -1.75. The molecule has 1 heterocycles. The third-order valence-corrected chi connectivity index (χ3v) is 3.44. The summed E-state index contributed by atoms with van der Waals surface area (Å²) in [6.07, 6.45) is 2.99. The Kier molecular flexibility index (Phi) is 5.98. The Bertz CT molecular complexity index is 558. The van der Waals surface area contributed by atoms with Gasteiger partial charge in [-0.3, -0.25) is 0 Å². The minimum atomic E-state index is -0.724. The number of carbonyl (C=O) groups is 2. The molecule has 0 saturated carbocycles. The normalized spacial score (nSPS) is 18.6. The van der Waals surface area contributed by atoms with E-state index in [0.29, 0.717) is 12.5 Å². The van der Waals surface area contributed by atoms with Crippen LogP contribution in [0.15, 0.2) is 23.6 Å². The molecule has 1 rings (SSSR count). The van der Waals surface area contributed by atoms with Crippen molar-refractivity contribution in [3.63, 3.8) is 0 Å². The molecule has 0 aromatic heterocycles. The quantitative estimate of drug-likeness (QED) is 0.336. The molecule has 0 amide bonds. The van der Waals surface area contributed by atoms with Gasteiger partial charge in [0.05, 0.1) is 5.54 Å². The van der Waals surface area contributed by atoms with Crippen LogP contribution in [-0.2, 0) is 23.8 Å². The molecule has 1 fully saturated rings. The summed E-state index contributed by atoms with van der Waals surface area (Å²) in [6, 6.07) is 0. The Morgan fingerprint density at radius 1 is 1.04 bits per heavy atom. The minimum Gasteiger partial charge on any atom is -0.477 e. The number of ether oxygens (including phenoxy) is 3. The van der Waals surface area contributed by atoms with E-state index < -0.39 is 23.1 Å². The van der Waals surface area contributed by atoms with E-state index in [9.17, 15) is 9.59 Å². The van der Waals surface area contributed by atoms with Gasteiger partial charge >= 0.3 is 11.9 Å². The van der Waals surface area contributed by atoms with Gasteiger partial charge in [0.1, 0.15) is 23.4 Å². The summed E-state index contributed by atoms with van der Waals surface area (Å²) in [6.45, 7) is 15.1. The zero-order chi connectivity index (χ0) is 19.6. The van der Waals surface area contributed by atoms with Crippen LogP contribution in [-0.4, -0.2) is 47.2 Å². The fraction of sp³-hybridized carbons (Fsp3) is 0.684. The van der Waals surface area contributed by atoms with Crippen LogP contribution in [0.4, 0.5) is 0 Å². The predicted molar refractivity (Wildman–Crippen MR) is 95.7 cm³/mol. The van der Waals surface area contributed by atoms with Gasteiger partial charge in [0.2, 0.25) is 0 Å². The zero-order valence-corrected chi connectivity index (χ0v) is 16.9. The van der Waals surface area contributed by atoms with Crippen molar-refractivity contribution in [3.8, 4) is 0 Å². The predicted octanol–water partition coefficient (Wildman–Crippen LogP) is 3.18. The van der Waals surface area contributed by atoms with Crippen LogP contribution in [0.5, 0.6) is 0 Å². The van der Waals surface area contributed by atoms with Crippen LogP contribution >= 0.6 is 0 Å². The van der Waals surface area contributed by atoms with Crippen molar-refractivity contribution in [3.05, 3.63) is 23.6 Å². The highest BCUT2D eigenvalue weighted by Crippen LogP contribution is 2.27. The molecule has 6 heteroatoms. The molecule has 1 aliphatic heterocycles. The van der Waals surface area contributed by atoms with Crippen LogP contribution in [0.1, 0.15) is 55.4 Å². The van der Waals surface area contributed by atoms with E-state index >= 15 is 0 Å². The van der Waals surface area contributed by atoms with E-state index in [-0.39, 0.29) is 11.1 Å². The molecule has 0 atom stereocenters. The number of rotatable bonds is 3. The lowest BCUT2D eigenvalue weighted by Gasteiger charge is -2.25. The van der Waals surface area contributed by atoms with E-state index in [1.807, 2.05) is 25.8 Å². The third kappa shape index (κ3) is 6.44. The fourth-order valence-corrected chi connectivity index (χ4v) is 1.94. The highest BCUT2D eigenvalue weighted by atomic mass is 16.6. The lowest BCUT2D eigenvalue weighted by molar-refractivity contribution is -0.158. The van der Waals surface area contributed by atoms with Gasteiger partial charge in [-0.25, -0.2) is 9.59 Å². The van der Waals surface area contributed by atoms with Crippen LogP contribution in [0.2, 0.25) is 0 Å². The lowest BCUT2D eigenvalue weighted by atomic mass is 10.1. The highest BCUT2D eigenvalue weighted by molar-refractivity contribution is 6.14. The second kappa shape index (κ2) is 7.10. The first kappa shape index (κ1) is 21.1. The zero-order valence-electron chi connectivity index (χ0n) is 16.9. The van der Waals surface area contributed by atoms with Crippen molar-refractivity contribution < 1.29 is 23.8 Å². The molecule has 1 aliphatic rings. The molecule has 0 aromatic rings. The molecule has 25 heavy (non-hydrogen) atoms. The monoisotopic (exact) mass is 353 g/mol. The summed E-state index contributed by atoms with van der Waals surface area (Å²) in [7, 11) is 1.90. The summed E-state index contributed by atoms with van der Waals surface area (Å²) >= 11 is 0. The van der Waals surface area contributed by atoms with Crippen molar-refractivity contribution in [1.29, 1.82) is 0 Å². The molecule has 0 unspecified atom stereocenters. The van der Waals surface area contributed by atoms with E-state index in [4.69, 9.17) is 14.2 Å². The fourth-order valence-electron chi connectivity index (χ4n) is 1.94. The van der Waals surface area contributed by atoms with Crippen molar-refractivity contribution in [1.82, 2.24) is 4.90 Å². The first-order valence-corrected chi connectivity index (χ1v) is 8.38. The molecular formula is C19H31NO5. The maximum Gasteiger partial charge on any atom is 0.346 e. The Labute approximate surface area is 150 Å². The molecule has 0 aliphatic carbocycles. The van der Waals surface area contributed by atoms with Gasteiger partial charge in [-0.05, 0) is 67.5 Å². The number of nitrogens with zero attached hydrogens (tertiary/aromatic N) is 1. The molecule has 1 saturated heterocycles. The molecule has 0 aromatic carbocycles. The van der Waals surface area contributed by atoms with Crippen LogP contribution in [0.25, 0.3) is 0 Å². The molecule has 142 valence electrons. The SMILES string of the molecule is CN1C(=CC=C(C(=O)OC(C)(C)C)C(=O)OC(C)(C)C)OCC1(C)C. The van der Waals surface area contributed by atoms with Crippen LogP contribution in [0, 0.1) is 0 Å². The number of allylic oxidation sites excluding steroid dienone is 2. The van der Waals surface area contributed by atoms with Gasteiger partial charge < -0.3 is 19.1 Å². The molecule has 0 spiro atoms. The van der Waals surface area contributed by atoms with Crippen LogP contribution in [0.3, 0.4) is 0 Å². The number of likely N-dealkylation sites (N-methyl/N-ethyl adjacent to an activating group) is 1. The van der Waals surface area contributed by atoms with Gasteiger partial charge in [-0.2, -0.15) is 0 Å². The van der Waals surface area contributed by atoms with Crippen molar-refractivity contribution in [2.45, 2.75) is 72.1 Å². The molecule has 6 nitrogen and oxygen atoms in total. The van der Waals surface area contributed by atoms with E-state index in [1.165, 1.54) is 6.08 Å². The second-order valence-electron chi connectivity index (χ2n) is 8.75. The summed E-state index contributed by atoms with van der Waals surface area (Å²) in [4.78, 5) is 26.8. The van der Waals surface area contributed by atoms with Crippen molar-refractivity contribution in [2.24, 2.45) is 0 Å². The van der Waals surface area contributed by atoms with Gasteiger partial charge in [-0.1, -0.05) is 0 Å². The van der Waals surface area contributed by atoms with Gasteiger partial charge in [0.25, 0.3) is 0 Å². The van der Waals surface area contributed by atoms with Gasteiger partial charge in [0.15, 0.2) is 5.88 Å². The highest BCUT2D eigenvalue weighted by Gasteiger charge is 2.34. The summed E-state index contributed by atoms with van der Waals surface area (Å²) in [5.74, 6) is -0.869. The average molecular weight is 353 g/mol. The molecular weight excluding hydrogens is 322 g/mol. The van der Waals surface area contributed by atoms with E-state index in [1.54, 1.807) is 47.6 Å². The van der Waals surface area contributed by atoms with E-state index in [0.717, 1.165) is 0 Å². The Morgan fingerprint density at radius 3 is 1.80 bits per heavy atom. The van der Waals surface area contributed by atoms with Crippen molar-refractivity contribution >= 4 is 11.9 Å².